The Morgan fingerprint density at radius 3 is 2.81 bits per heavy atom. The number of hydrogen-bond donors (Lipinski definition) is 1. The van der Waals surface area contributed by atoms with Crippen molar-refractivity contribution in [2.24, 2.45) is 0 Å². The summed E-state index contributed by atoms with van der Waals surface area (Å²) in [7, 11) is 0. The van der Waals surface area contributed by atoms with Gasteiger partial charge in [-0.1, -0.05) is 29.8 Å². The van der Waals surface area contributed by atoms with Crippen LogP contribution in [0.3, 0.4) is 0 Å². The van der Waals surface area contributed by atoms with Crippen molar-refractivity contribution in [1.82, 2.24) is 15.2 Å². The van der Waals surface area contributed by atoms with E-state index < -0.39 is 0 Å². The van der Waals surface area contributed by atoms with E-state index in [-0.39, 0.29) is 36.8 Å². The summed E-state index contributed by atoms with van der Waals surface area (Å²) >= 11 is 6.36. The van der Waals surface area contributed by atoms with Crippen LogP contribution in [0.1, 0.15) is 27.9 Å². The highest BCUT2D eigenvalue weighted by Gasteiger charge is 2.31. The smallest absolute Gasteiger partial charge is 0.290 e. The van der Waals surface area contributed by atoms with Gasteiger partial charge in [0.15, 0.2) is 11.3 Å². The predicted molar refractivity (Wildman–Crippen MR) is 111 cm³/mol. The first-order valence-corrected chi connectivity index (χ1v) is 8.64. The first-order valence-electron chi connectivity index (χ1n) is 8.27. The van der Waals surface area contributed by atoms with Gasteiger partial charge in [0.05, 0.1) is 6.04 Å². The molecular formula is C19H20Cl3N3O2. The molecule has 144 valence electrons. The van der Waals surface area contributed by atoms with Gasteiger partial charge in [-0.3, -0.25) is 4.79 Å². The van der Waals surface area contributed by atoms with Crippen LogP contribution in [0.4, 0.5) is 0 Å². The van der Waals surface area contributed by atoms with Crippen molar-refractivity contribution in [3.63, 3.8) is 0 Å². The number of carbonyl (C=O) groups is 1. The van der Waals surface area contributed by atoms with Crippen LogP contribution >= 0.6 is 36.4 Å². The van der Waals surface area contributed by atoms with Crippen molar-refractivity contribution in [2.45, 2.75) is 13.0 Å². The van der Waals surface area contributed by atoms with Crippen molar-refractivity contribution in [3.05, 3.63) is 64.5 Å². The lowest BCUT2D eigenvalue weighted by Gasteiger charge is -2.36. The monoisotopic (exact) mass is 427 g/mol. The molecule has 4 rings (SSSR count). The molecule has 0 spiro atoms. The number of amides is 1. The number of rotatable bonds is 2. The number of hydrogen-bond acceptors (Lipinski definition) is 4. The van der Waals surface area contributed by atoms with Crippen molar-refractivity contribution >= 4 is 53.4 Å². The molecule has 1 atom stereocenters. The number of carbonyl (C=O) groups excluding carboxylic acids is 1. The van der Waals surface area contributed by atoms with Crippen molar-refractivity contribution < 1.29 is 9.21 Å². The molecule has 0 saturated carbocycles. The normalized spacial score (nSPS) is 16.5. The third-order valence-electron chi connectivity index (χ3n) is 4.49. The van der Waals surface area contributed by atoms with Gasteiger partial charge in [-0.25, -0.2) is 4.98 Å². The number of pyridine rings is 1. The maximum Gasteiger partial charge on any atom is 0.290 e. The van der Waals surface area contributed by atoms with E-state index in [4.69, 9.17) is 16.0 Å². The van der Waals surface area contributed by atoms with Crippen LogP contribution in [0.2, 0.25) is 5.02 Å². The minimum atomic E-state index is -0.137. The summed E-state index contributed by atoms with van der Waals surface area (Å²) in [6.07, 6.45) is 0. The molecule has 27 heavy (non-hydrogen) atoms. The maximum absolute atomic E-state index is 13.1. The summed E-state index contributed by atoms with van der Waals surface area (Å²) in [5.74, 6) is 0.175. The van der Waals surface area contributed by atoms with Gasteiger partial charge in [-0.05, 0) is 30.7 Å². The topological polar surface area (TPSA) is 58.4 Å². The molecule has 1 N–H and O–H groups in total. The number of nitrogens with zero attached hydrogens (tertiary/aromatic N) is 2. The van der Waals surface area contributed by atoms with Crippen molar-refractivity contribution in [1.29, 1.82) is 0 Å². The molecule has 0 bridgehead atoms. The van der Waals surface area contributed by atoms with Crippen LogP contribution in [-0.2, 0) is 0 Å². The highest BCUT2D eigenvalue weighted by Crippen LogP contribution is 2.30. The Morgan fingerprint density at radius 2 is 2.04 bits per heavy atom. The number of nitrogens with one attached hydrogen (secondary N) is 1. The molecule has 1 aliphatic rings. The lowest BCUT2D eigenvalue weighted by atomic mass is 10.0. The quantitative estimate of drug-likeness (QED) is 0.656. The predicted octanol–water partition coefficient (Wildman–Crippen LogP) is 4.42. The average molecular weight is 429 g/mol. The van der Waals surface area contributed by atoms with Crippen molar-refractivity contribution in [3.8, 4) is 0 Å². The van der Waals surface area contributed by atoms with Crippen molar-refractivity contribution in [2.75, 3.05) is 19.6 Å². The number of aryl methyl sites for hydroxylation is 1. The molecule has 5 nitrogen and oxygen atoms in total. The average Bonchev–Trinajstić information content (AvgIpc) is 3.05. The zero-order chi connectivity index (χ0) is 17.4. The summed E-state index contributed by atoms with van der Waals surface area (Å²) in [6, 6.07) is 12.9. The Kier molecular flexibility index (Phi) is 7.12. The third kappa shape index (κ3) is 4.22. The molecule has 1 fully saturated rings. The SMILES string of the molecule is Cc1ccc2oc(C(=O)N3CCNCC3c3ccccc3Cl)cc2n1.Cl.Cl. The molecule has 3 aromatic rings. The molecule has 1 aromatic carbocycles. The Morgan fingerprint density at radius 1 is 1.26 bits per heavy atom. The summed E-state index contributed by atoms with van der Waals surface area (Å²) in [4.78, 5) is 19.3. The fraction of sp³-hybridized carbons (Fsp3) is 0.263. The Bertz CT molecular complexity index is 945. The first kappa shape index (κ1) is 21.5. The van der Waals surface area contributed by atoms with Crippen LogP contribution in [-0.4, -0.2) is 35.4 Å². The van der Waals surface area contributed by atoms with Gasteiger partial charge in [0.1, 0.15) is 5.52 Å². The molecular weight excluding hydrogens is 409 g/mol. The highest BCUT2D eigenvalue weighted by atomic mass is 35.5. The third-order valence-corrected chi connectivity index (χ3v) is 4.84. The van der Waals surface area contributed by atoms with Crippen LogP contribution < -0.4 is 5.32 Å². The van der Waals surface area contributed by atoms with E-state index in [1.807, 2.05) is 48.2 Å². The molecule has 1 unspecified atom stereocenters. The van der Waals surface area contributed by atoms with Crippen LogP contribution in [0, 0.1) is 6.92 Å². The second-order valence-electron chi connectivity index (χ2n) is 6.19. The maximum atomic E-state index is 13.1. The van der Waals surface area contributed by atoms with E-state index in [0.717, 1.165) is 17.8 Å². The van der Waals surface area contributed by atoms with E-state index in [2.05, 4.69) is 10.3 Å². The van der Waals surface area contributed by atoms with Crippen LogP contribution in [0.25, 0.3) is 11.1 Å². The molecule has 0 aliphatic carbocycles. The minimum absolute atomic E-state index is 0. The molecule has 8 heteroatoms. The standard InChI is InChI=1S/C19H18ClN3O2.2ClH/c1-12-6-7-17-15(22-12)10-18(25-17)19(24)23-9-8-21-11-16(23)13-4-2-3-5-14(13)20;;/h2-7,10,16,21H,8-9,11H2,1H3;2*1H. The zero-order valence-corrected chi connectivity index (χ0v) is 17.0. The Balaban J connectivity index is 0.00000131. The van der Waals surface area contributed by atoms with Gasteiger partial charge in [0.2, 0.25) is 0 Å². The van der Waals surface area contributed by atoms with Gasteiger partial charge in [0, 0.05) is 36.4 Å². The molecule has 1 saturated heterocycles. The zero-order valence-electron chi connectivity index (χ0n) is 14.6. The first-order chi connectivity index (χ1) is 12.1. The Hall–Kier alpha value is -1.79. The number of furan rings is 1. The second kappa shape index (κ2) is 8.93. The summed E-state index contributed by atoms with van der Waals surface area (Å²) in [6.45, 7) is 3.91. The fourth-order valence-corrected chi connectivity index (χ4v) is 3.51. The van der Waals surface area contributed by atoms with Crippen LogP contribution in [0.15, 0.2) is 46.9 Å². The second-order valence-corrected chi connectivity index (χ2v) is 6.59. The number of aromatic nitrogens is 1. The van der Waals surface area contributed by atoms with E-state index in [1.165, 1.54) is 0 Å². The van der Waals surface area contributed by atoms with Gasteiger partial charge < -0.3 is 14.6 Å². The Labute approximate surface area is 174 Å². The van der Waals surface area contributed by atoms with Gasteiger partial charge in [0.25, 0.3) is 5.91 Å². The van der Waals surface area contributed by atoms with E-state index >= 15 is 0 Å². The number of piperazine rings is 1. The summed E-state index contributed by atoms with van der Waals surface area (Å²) in [5, 5.41) is 4.00. The molecule has 1 amide bonds. The number of halogens is 3. The van der Waals surface area contributed by atoms with E-state index in [0.29, 0.717) is 35.0 Å². The fourth-order valence-electron chi connectivity index (χ4n) is 3.24. The summed E-state index contributed by atoms with van der Waals surface area (Å²) < 4.78 is 5.75. The molecule has 0 radical (unpaired) electrons. The number of benzene rings is 1. The van der Waals surface area contributed by atoms with Gasteiger partial charge >= 0.3 is 0 Å². The highest BCUT2D eigenvalue weighted by molar-refractivity contribution is 6.31. The van der Waals surface area contributed by atoms with Gasteiger partial charge in [-0.15, -0.1) is 24.8 Å². The minimum Gasteiger partial charge on any atom is -0.449 e. The van der Waals surface area contributed by atoms with Crippen LogP contribution in [0.5, 0.6) is 0 Å². The molecule has 3 heterocycles. The number of fused-ring (bicyclic) bond motifs is 1. The van der Waals surface area contributed by atoms with Gasteiger partial charge in [-0.2, -0.15) is 0 Å². The lowest BCUT2D eigenvalue weighted by molar-refractivity contribution is 0.0604. The van der Waals surface area contributed by atoms with E-state index in [1.54, 1.807) is 6.07 Å². The largest absolute Gasteiger partial charge is 0.449 e. The summed E-state index contributed by atoms with van der Waals surface area (Å²) in [5.41, 5.74) is 3.16. The molecule has 2 aromatic heterocycles. The lowest BCUT2D eigenvalue weighted by Crippen LogP contribution is -2.48. The van der Waals surface area contributed by atoms with E-state index in [9.17, 15) is 4.79 Å². The molecule has 1 aliphatic heterocycles.